The molecule has 0 aliphatic heterocycles. The van der Waals surface area contributed by atoms with E-state index in [1.807, 2.05) is 0 Å². The fourth-order valence-electron chi connectivity index (χ4n) is 2.14. The molecule has 0 aromatic rings. The molecule has 0 saturated carbocycles. The fourth-order valence-corrected chi connectivity index (χ4v) is 2.55. The van der Waals surface area contributed by atoms with E-state index in [1.165, 1.54) is 70.6 Å². The zero-order chi connectivity index (χ0) is 12.8. The van der Waals surface area contributed by atoms with Crippen molar-refractivity contribution in [3.8, 4) is 0 Å². The lowest BCUT2D eigenvalue weighted by Crippen LogP contribution is -1.91. The highest BCUT2D eigenvalue weighted by Crippen LogP contribution is 2.15. The van der Waals surface area contributed by atoms with Gasteiger partial charge in [-0.3, -0.25) is 0 Å². The third-order valence-electron chi connectivity index (χ3n) is 3.68. The summed E-state index contributed by atoms with van der Waals surface area (Å²) in [7, 11) is 0.167. The van der Waals surface area contributed by atoms with Crippen molar-refractivity contribution in [1.29, 1.82) is 0 Å². The molecule has 0 bridgehead atoms. The van der Waals surface area contributed by atoms with Crippen molar-refractivity contribution in [2.24, 2.45) is 5.92 Å². The van der Waals surface area contributed by atoms with Gasteiger partial charge in [-0.05, 0) is 18.5 Å². The number of unbranched alkanes of at least 4 members (excludes halogenated alkanes) is 8. The zero-order valence-corrected chi connectivity index (χ0v) is 13.0. The second kappa shape index (κ2) is 14.5. The van der Waals surface area contributed by atoms with Crippen LogP contribution < -0.4 is 0 Å². The van der Waals surface area contributed by atoms with Crippen molar-refractivity contribution in [3.05, 3.63) is 0 Å². The molecule has 0 aromatic carbocycles. The molecule has 2 unspecified atom stereocenters. The predicted molar refractivity (Wildman–Crippen MR) is 81.0 cm³/mol. The van der Waals surface area contributed by atoms with Crippen molar-refractivity contribution < 1.29 is 4.89 Å². The van der Waals surface area contributed by atoms with E-state index in [1.54, 1.807) is 0 Å². The van der Waals surface area contributed by atoms with Gasteiger partial charge in [0.25, 0.3) is 0 Å². The first-order valence-corrected chi connectivity index (χ1v) is 8.83. The van der Waals surface area contributed by atoms with Crippen molar-refractivity contribution in [2.75, 3.05) is 6.16 Å². The third kappa shape index (κ3) is 14.3. The van der Waals surface area contributed by atoms with Crippen LogP contribution in [0.4, 0.5) is 0 Å². The summed E-state index contributed by atoms with van der Waals surface area (Å²) in [5.74, 6) is 0.933. The Morgan fingerprint density at radius 1 is 0.824 bits per heavy atom. The molecule has 0 aliphatic carbocycles. The number of rotatable bonds is 13. The van der Waals surface area contributed by atoms with Gasteiger partial charge in [-0.25, -0.2) is 0 Å². The molecular weight excluding hydrogens is 227 g/mol. The van der Waals surface area contributed by atoms with Gasteiger partial charge in [0.05, 0.1) is 0 Å². The number of hydrogen-bond acceptors (Lipinski definition) is 1. The van der Waals surface area contributed by atoms with E-state index in [9.17, 15) is 0 Å². The maximum atomic E-state index is 8.67. The summed E-state index contributed by atoms with van der Waals surface area (Å²) in [6.07, 6.45) is 16.3. The van der Waals surface area contributed by atoms with E-state index >= 15 is 0 Å². The van der Waals surface area contributed by atoms with Crippen LogP contribution in [0.1, 0.15) is 84.5 Å². The van der Waals surface area contributed by atoms with E-state index in [2.05, 4.69) is 13.8 Å². The molecule has 0 fully saturated rings. The topological polar surface area (TPSA) is 20.2 Å². The smallest absolute Gasteiger partial charge is 0.0107 e. The van der Waals surface area contributed by atoms with E-state index in [4.69, 9.17) is 4.89 Å². The van der Waals surface area contributed by atoms with Gasteiger partial charge in [0, 0.05) is 8.81 Å². The van der Waals surface area contributed by atoms with Crippen LogP contribution in [0.5, 0.6) is 0 Å². The van der Waals surface area contributed by atoms with Gasteiger partial charge >= 0.3 is 0 Å². The Hall–Kier alpha value is 0.390. The van der Waals surface area contributed by atoms with Crippen molar-refractivity contribution in [2.45, 2.75) is 84.5 Å². The molecule has 0 aromatic heterocycles. The molecule has 0 rings (SSSR count). The van der Waals surface area contributed by atoms with Gasteiger partial charge in [0.1, 0.15) is 0 Å². The summed E-state index contributed by atoms with van der Waals surface area (Å²) in [5, 5.41) is 0. The molecule has 0 aliphatic rings. The Morgan fingerprint density at radius 3 is 1.76 bits per heavy atom. The van der Waals surface area contributed by atoms with E-state index in [0.717, 1.165) is 12.1 Å². The van der Waals surface area contributed by atoms with Gasteiger partial charge in [-0.1, -0.05) is 78.1 Å². The Balaban J connectivity index is 2.94. The first kappa shape index (κ1) is 17.4. The van der Waals surface area contributed by atoms with Crippen LogP contribution in [-0.4, -0.2) is 11.1 Å². The lowest BCUT2D eigenvalue weighted by molar-refractivity contribution is 0.469. The SMILES string of the molecule is CCC(C)CCCCCCCCCCCPO. The lowest BCUT2D eigenvalue weighted by atomic mass is 9.99. The van der Waals surface area contributed by atoms with Crippen LogP contribution in [0.25, 0.3) is 0 Å². The van der Waals surface area contributed by atoms with Gasteiger partial charge in [-0.2, -0.15) is 0 Å². The van der Waals surface area contributed by atoms with Crippen LogP contribution in [-0.2, 0) is 0 Å². The van der Waals surface area contributed by atoms with Crippen LogP contribution in [0.3, 0.4) is 0 Å². The molecule has 2 heteroatoms. The molecule has 0 amide bonds. The maximum absolute atomic E-state index is 8.67. The molecule has 1 N–H and O–H groups in total. The number of hydrogen-bond donors (Lipinski definition) is 1. The predicted octanol–water partition coefficient (Wildman–Crippen LogP) is 5.52. The summed E-state index contributed by atoms with van der Waals surface area (Å²) in [4.78, 5) is 8.67. The summed E-state index contributed by atoms with van der Waals surface area (Å²) in [6, 6.07) is 0. The van der Waals surface area contributed by atoms with Crippen LogP contribution in [0, 0.1) is 5.92 Å². The summed E-state index contributed by atoms with van der Waals surface area (Å²) in [5.41, 5.74) is 0. The molecule has 0 saturated heterocycles. The van der Waals surface area contributed by atoms with Crippen molar-refractivity contribution in [3.63, 3.8) is 0 Å². The third-order valence-corrected chi connectivity index (χ3v) is 4.26. The summed E-state index contributed by atoms with van der Waals surface area (Å²) < 4.78 is 0. The Bertz CT molecular complexity index is 139. The lowest BCUT2D eigenvalue weighted by Gasteiger charge is -2.07. The van der Waals surface area contributed by atoms with E-state index < -0.39 is 0 Å². The molecule has 17 heavy (non-hydrogen) atoms. The minimum absolute atomic E-state index is 0.167. The van der Waals surface area contributed by atoms with Gasteiger partial charge in [-0.15, -0.1) is 0 Å². The van der Waals surface area contributed by atoms with Crippen LogP contribution in [0.15, 0.2) is 0 Å². The van der Waals surface area contributed by atoms with Crippen LogP contribution in [0.2, 0.25) is 0 Å². The maximum Gasteiger partial charge on any atom is 0.0107 e. The summed E-state index contributed by atoms with van der Waals surface area (Å²) >= 11 is 0. The quantitative estimate of drug-likeness (QED) is 0.341. The Morgan fingerprint density at radius 2 is 1.29 bits per heavy atom. The molecule has 1 nitrogen and oxygen atoms in total. The van der Waals surface area contributed by atoms with Gasteiger partial charge in [0.15, 0.2) is 0 Å². The molecular formula is C15H33OP. The monoisotopic (exact) mass is 260 g/mol. The van der Waals surface area contributed by atoms with Crippen molar-refractivity contribution in [1.82, 2.24) is 0 Å². The minimum atomic E-state index is 0.167. The average Bonchev–Trinajstić information content (AvgIpc) is 2.35. The first-order valence-electron chi connectivity index (χ1n) is 7.68. The van der Waals surface area contributed by atoms with Gasteiger partial charge in [0.2, 0.25) is 0 Å². The van der Waals surface area contributed by atoms with E-state index in [0.29, 0.717) is 0 Å². The molecule has 0 radical (unpaired) electrons. The highest BCUT2D eigenvalue weighted by atomic mass is 31.1. The van der Waals surface area contributed by atoms with Gasteiger partial charge < -0.3 is 4.89 Å². The first-order chi connectivity index (χ1) is 8.31. The average molecular weight is 260 g/mol. The zero-order valence-electron chi connectivity index (χ0n) is 12.0. The molecule has 0 spiro atoms. The summed E-state index contributed by atoms with van der Waals surface area (Å²) in [6.45, 7) is 4.66. The van der Waals surface area contributed by atoms with Crippen molar-refractivity contribution >= 4 is 8.81 Å². The highest BCUT2D eigenvalue weighted by Gasteiger charge is 1.98. The Kier molecular flexibility index (Phi) is 14.8. The van der Waals surface area contributed by atoms with Crippen LogP contribution >= 0.6 is 8.81 Å². The molecule has 2 atom stereocenters. The standard InChI is InChI=1S/C15H33OP/c1-3-15(2)13-11-9-7-5-4-6-8-10-12-14-17-16/h15-17H,3-14H2,1-2H3. The molecule has 0 heterocycles. The second-order valence-corrected chi connectivity index (χ2v) is 6.21. The second-order valence-electron chi connectivity index (χ2n) is 5.39. The Labute approximate surface area is 111 Å². The largest absolute Gasteiger partial charge is 0.377 e. The molecule has 104 valence electrons. The minimum Gasteiger partial charge on any atom is -0.377 e. The normalized spacial score (nSPS) is 13.6. The fraction of sp³-hybridized carbons (Fsp3) is 1.00. The highest BCUT2D eigenvalue weighted by molar-refractivity contribution is 7.31. The van der Waals surface area contributed by atoms with E-state index in [-0.39, 0.29) is 8.81 Å².